The van der Waals surface area contributed by atoms with Crippen molar-refractivity contribution in [3.8, 4) is 17.2 Å². The lowest BCUT2D eigenvalue weighted by Crippen LogP contribution is -2.44. The number of nitrogens with zero attached hydrogens (tertiary/aromatic N) is 4. The van der Waals surface area contributed by atoms with Crippen molar-refractivity contribution in [1.29, 1.82) is 0 Å². The number of phenols is 1. The molecular formula is C35H34Br2N4O3. The van der Waals surface area contributed by atoms with E-state index in [4.69, 9.17) is 9.84 Å². The summed E-state index contributed by atoms with van der Waals surface area (Å²) in [4.78, 5) is 18.9. The zero-order valence-electron chi connectivity index (χ0n) is 25.1. The summed E-state index contributed by atoms with van der Waals surface area (Å²) in [5.41, 5.74) is 4.51. The van der Waals surface area contributed by atoms with Crippen molar-refractivity contribution in [2.24, 2.45) is 5.10 Å². The number of hydrogen-bond acceptors (Lipinski definition) is 6. The fourth-order valence-electron chi connectivity index (χ4n) is 6.45. The second kappa shape index (κ2) is 11.9. The molecule has 0 fully saturated rings. The first-order valence-corrected chi connectivity index (χ1v) is 16.5. The predicted molar refractivity (Wildman–Crippen MR) is 184 cm³/mol. The van der Waals surface area contributed by atoms with Crippen LogP contribution in [0.2, 0.25) is 0 Å². The van der Waals surface area contributed by atoms with Crippen molar-refractivity contribution in [2.45, 2.75) is 33.2 Å². The van der Waals surface area contributed by atoms with E-state index >= 15 is 0 Å². The van der Waals surface area contributed by atoms with Crippen molar-refractivity contribution >= 4 is 55.4 Å². The van der Waals surface area contributed by atoms with Gasteiger partial charge in [0.15, 0.2) is 0 Å². The molecule has 1 amide bonds. The van der Waals surface area contributed by atoms with Crippen molar-refractivity contribution in [2.75, 3.05) is 36.0 Å². The number of ether oxygens (including phenoxy) is 1. The van der Waals surface area contributed by atoms with Crippen LogP contribution in [0.4, 0.5) is 11.4 Å². The number of aromatic hydroxyl groups is 1. The summed E-state index contributed by atoms with van der Waals surface area (Å²) in [6.07, 6.45) is 1.54. The molecule has 0 aromatic heterocycles. The minimum atomic E-state index is -1.10. The Balaban J connectivity index is 1.65. The SMILES string of the molecule is CCN(CC)c1ccc2c(c1)Oc1cc(N(CC)CC)ccc1C21c2ccccc2C(=O)N1/N=C/c1cc(Br)cc(Br)c1O. The van der Waals surface area contributed by atoms with Gasteiger partial charge in [0.2, 0.25) is 0 Å². The van der Waals surface area contributed by atoms with Gasteiger partial charge in [-0.25, -0.2) is 5.01 Å². The van der Waals surface area contributed by atoms with Crippen molar-refractivity contribution in [3.63, 3.8) is 0 Å². The Bertz CT molecular complexity index is 1720. The summed E-state index contributed by atoms with van der Waals surface area (Å²) in [6.45, 7) is 12.0. The molecule has 0 radical (unpaired) electrons. The highest BCUT2D eigenvalue weighted by molar-refractivity contribution is 9.11. The maximum atomic E-state index is 14.3. The van der Waals surface area contributed by atoms with Crippen LogP contribution in [0.1, 0.15) is 60.3 Å². The molecule has 0 saturated carbocycles. The van der Waals surface area contributed by atoms with E-state index < -0.39 is 5.54 Å². The van der Waals surface area contributed by atoms with Gasteiger partial charge in [0.05, 0.1) is 10.7 Å². The third kappa shape index (κ3) is 4.68. The van der Waals surface area contributed by atoms with E-state index in [1.54, 1.807) is 23.4 Å². The van der Waals surface area contributed by atoms with Crippen LogP contribution in [0.5, 0.6) is 17.2 Å². The first kappa shape index (κ1) is 30.2. The Hall–Kier alpha value is -3.82. The van der Waals surface area contributed by atoms with Crippen LogP contribution in [0, 0.1) is 0 Å². The molecule has 0 atom stereocenters. The normalized spacial score (nSPS) is 14.4. The standard InChI is InChI=1S/C35H34Br2N4O3/c1-5-39(6-2)24-13-15-28-31(19-24)44-32-20-25(40(7-3)8-4)14-16-29(32)35(28)27-12-10-9-11-26(27)34(43)41(35)38-21-22-17-23(36)18-30(37)33(22)42/h9-21,42H,5-8H2,1-4H3/b38-21+. The number of phenolic OH excluding ortho intramolecular Hbond substituents is 1. The molecule has 6 rings (SSSR count). The lowest BCUT2D eigenvalue weighted by atomic mass is 9.75. The zero-order chi connectivity index (χ0) is 31.2. The number of hydrazone groups is 1. The van der Waals surface area contributed by atoms with Crippen LogP contribution < -0.4 is 14.5 Å². The Morgan fingerprint density at radius 3 is 1.95 bits per heavy atom. The number of hydrogen-bond donors (Lipinski definition) is 1. The van der Waals surface area contributed by atoms with Gasteiger partial charge in [-0.3, -0.25) is 4.79 Å². The molecular weight excluding hydrogens is 684 g/mol. The van der Waals surface area contributed by atoms with Gasteiger partial charge in [-0.05, 0) is 74.0 Å². The Morgan fingerprint density at radius 2 is 1.39 bits per heavy atom. The molecule has 1 N–H and O–H groups in total. The number of anilines is 2. The van der Waals surface area contributed by atoms with Crippen molar-refractivity contribution in [1.82, 2.24) is 5.01 Å². The smallest absolute Gasteiger partial charge is 0.275 e. The van der Waals surface area contributed by atoms with Gasteiger partial charge in [-0.15, -0.1) is 0 Å². The maximum Gasteiger partial charge on any atom is 0.275 e. The second-order valence-corrected chi connectivity index (χ2v) is 12.5. The molecule has 2 aliphatic rings. The highest BCUT2D eigenvalue weighted by Gasteiger charge is 2.57. The molecule has 9 heteroatoms. The van der Waals surface area contributed by atoms with E-state index in [1.807, 2.05) is 24.3 Å². The maximum absolute atomic E-state index is 14.3. The minimum Gasteiger partial charge on any atom is -0.506 e. The summed E-state index contributed by atoms with van der Waals surface area (Å²) >= 11 is 6.91. The number of carbonyl (C=O) groups excluding carboxylic acids is 1. The third-order valence-corrected chi connectivity index (χ3v) is 9.68. The van der Waals surface area contributed by atoms with E-state index in [1.165, 1.54) is 0 Å². The molecule has 7 nitrogen and oxygen atoms in total. The number of carbonyl (C=O) groups is 1. The van der Waals surface area contributed by atoms with Gasteiger partial charge in [-0.2, -0.15) is 5.10 Å². The minimum absolute atomic E-state index is 0.0377. The van der Waals surface area contributed by atoms with Gasteiger partial charge in [-0.1, -0.05) is 46.3 Å². The molecule has 1 spiro atoms. The van der Waals surface area contributed by atoms with E-state index in [-0.39, 0.29) is 11.7 Å². The first-order valence-electron chi connectivity index (χ1n) is 14.9. The molecule has 0 unspecified atom stereocenters. The Labute approximate surface area is 275 Å². The average molecular weight is 718 g/mol. The van der Waals surface area contributed by atoms with Crippen LogP contribution in [0.25, 0.3) is 0 Å². The number of amides is 1. The van der Waals surface area contributed by atoms with Crippen LogP contribution in [0.3, 0.4) is 0 Å². The number of halogens is 2. The highest BCUT2D eigenvalue weighted by atomic mass is 79.9. The van der Waals surface area contributed by atoms with Crippen LogP contribution in [-0.4, -0.2) is 48.4 Å². The quantitative estimate of drug-likeness (QED) is 0.185. The lowest BCUT2D eigenvalue weighted by molar-refractivity contribution is 0.0675. The van der Waals surface area contributed by atoms with Crippen LogP contribution in [-0.2, 0) is 5.54 Å². The van der Waals surface area contributed by atoms with E-state index in [0.29, 0.717) is 27.1 Å². The van der Waals surface area contributed by atoms with Crippen molar-refractivity contribution in [3.05, 3.63) is 110 Å². The molecule has 44 heavy (non-hydrogen) atoms. The first-order chi connectivity index (χ1) is 21.3. The number of rotatable bonds is 8. The third-order valence-electron chi connectivity index (χ3n) is 8.61. The Kier molecular flexibility index (Phi) is 8.20. The molecule has 4 aromatic rings. The predicted octanol–water partition coefficient (Wildman–Crippen LogP) is 8.50. The topological polar surface area (TPSA) is 68.6 Å². The molecule has 226 valence electrons. The molecule has 0 saturated heterocycles. The highest BCUT2D eigenvalue weighted by Crippen LogP contribution is 2.58. The van der Waals surface area contributed by atoms with E-state index in [9.17, 15) is 9.90 Å². The summed E-state index contributed by atoms with van der Waals surface area (Å²) in [5.74, 6) is 1.16. The molecule has 4 aromatic carbocycles. The lowest BCUT2D eigenvalue weighted by Gasteiger charge is -2.42. The van der Waals surface area contributed by atoms with Gasteiger partial charge in [0.25, 0.3) is 5.91 Å². The summed E-state index contributed by atoms with van der Waals surface area (Å²) in [5, 5.41) is 17.2. The molecule has 2 heterocycles. The Morgan fingerprint density at radius 1 is 0.818 bits per heavy atom. The van der Waals surface area contributed by atoms with E-state index in [2.05, 4.69) is 106 Å². The number of benzene rings is 4. The molecule has 0 bridgehead atoms. The monoisotopic (exact) mass is 716 g/mol. The summed E-state index contributed by atoms with van der Waals surface area (Å²) < 4.78 is 8.03. The fourth-order valence-corrected chi connectivity index (χ4v) is 7.71. The largest absolute Gasteiger partial charge is 0.506 e. The summed E-state index contributed by atoms with van der Waals surface area (Å²) in [7, 11) is 0. The van der Waals surface area contributed by atoms with E-state index in [0.717, 1.165) is 58.7 Å². The number of fused-ring (bicyclic) bond motifs is 6. The van der Waals surface area contributed by atoms with Gasteiger partial charge in [0.1, 0.15) is 22.8 Å². The van der Waals surface area contributed by atoms with Gasteiger partial charge in [0, 0.05) is 82.0 Å². The van der Waals surface area contributed by atoms with Crippen molar-refractivity contribution < 1.29 is 14.6 Å². The molecule has 2 aliphatic heterocycles. The van der Waals surface area contributed by atoms with Crippen LogP contribution in [0.15, 0.2) is 86.8 Å². The fraction of sp³-hybridized carbons (Fsp3) is 0.257. The average Bonchev–Trinajstić information content (AvgIpc) is 3.27. The zero-order valence-corrected chi connectivity index (χ0v) is 28.3. The van der Waals surface area contributed by atoms with Gasteiger partial charge < -0.3 is 19.6 Å². The second-order valence-electron chi connectivity index (χ2n) is 10.8. The van der Waals surface area contributed by atoms with Crippen LogP contribution >= 0.6 is 31.9 Å². The summed E-state index contributed by atoms with van der Waals surface area (Å²) in [6, 6.07) is 23.7. The molecule has 0 aliphatic carbocycles. The van der Waals surface area contributed by atoms with Gasteiger partial charge >= 0.3 is 0 Å².